The van der Waals surface area contributed by atoms with Crippen LogP contribution in [0, 0.1) is 11.8 Å². The molecule has 0 heterocycles. The van der Waals surface area contributed by atoms with E-state index < -0.39 is 47.5 Å². The van der Waals surface area contributed by atoms with Gasteiger partial charge in [-0.3, -0.25) is 33.6 Å². The zero-order chi connectivity index (χ0) is 43.1. The van der Waals surface area contributed by atoms with Gasteiger partial charge in [0, 0.05) is 26.4 Å². The summed E-state index contributed by atoms with van der Waals surface area (Å²) in [6.07, 6.45) is 7.30. The monoisotopic (exact) mass is 789 g/mol. The van der Waals surface area contributed by atoms with Crippen LogP contribution in [0.1, 0.15) is 151 Å². The zero-order valence-electron chi connectivity index (χ0n) is 36.5. The molecule has 4 atom stereocenters. The molecule has 56 heavy (non-hydrogen) atoms. The number of unbranched alkanes of at least 4 members (excludes halogenated alkanes) is 1. The van der Waals surface area contributed by atoms with Gasteiger partial charge in [-0.15, -0.1) is 0 Å². The fraction of sp³-hybridized carbons (Fsp3) is 0.698. The maximum Gasteiger partial charge on any atom is 0.290 e. The van der Waals surface area contributed by atoms with Gasteiger partial charge in [-0.05, 0) is 50.0 Å². The van der Waals surface area contributed by atoms with Gasteiger partial charge in [0.15, 0.2) is 0 Å². The van der Waals surface area contributed by atoms with Crippen LogP contribution in [0.25, 0.3) is 0 Å². The minimum atomic E-state index is -1.07. The average Bonchev–Trinajstić information content (AvgIpc) is 3.16. The molecule has 3 unspecified atom stereocenters. The Kier molecular flexibility index (Phi) is 31.6. The second kappa shape index (κ2) is 32.9. The maximum atomic E-state index is 13.9. The molecule has 13 heteroatoms. The fourth-order valence-electron chi connectivity index (χ4n) is 5.40. The molecule has 0 spiro atoms. The van der Waals surface area contributed by atoms with Crippen molar-refractivity contribution in [1.29, 1.82) is 0 Å². The molecule has 320 valence electrons. The van der Waals surface area contributed by atoms with E-state index >= 15 is 0 Å². The number of amides is 6. The van der Waals surface area contributed by atoms with E-state index in [1.807, 2.05) is 37.3 Å². The highest BCUT2D eigenvalue weighted by molar-refractivity contribution is 6.38. The first-order valence-electron chi connectivity index (χ1n) is 20.8. The van der Waals surface area contributed by atoms with Gasteiger partial charge in [0.2, 0.25) is 35.3 Å². The third-order valence-corrected chi connectivity index (χ3v) is 8.45. The van der Waals surface area contributed by atoms with Crippen molar-refractivity contribution in [1.82, 2.24) is 31.5 Å². The number of ketones is 1. The van der Waals surface area contributed by atoms with Crippen LogP contribution < -0.4 is 26.6 Å². The van der Waals surface area contributed by atoms with Crippen LogP contribution in [0.15, 0.2) is 30.3 Å². The summed E-state index contributed by atoms with van der Waals surface area (Å²) in [6.45, 7) is 19.4. The Bertz CT molecular complexity index is 1290. The molecule has 0 fully saturated rings. The Morgan fingerprint density at radius 3 is 1.73 bits per heavy atom. The van der Waals surface area contributed by atoms with Crippen molar-refractivity contribution in [2.45, 2.75) is 158 Å². The Morgan fingerprint density at radius 2 is 1.21 bits per heavy atom. The second-order valence-electron chi connectivity index (χ2n) is 14.7. The molecule has 1 aromatic rings. The van der Waals surface area contributed by atoms with Crippen molar-refractivity contribution in [3.05, 3.63) is 35.9 Å². The van der Waals surface area contributed by atoms with Crippen LogP contribution in [0.4, 0.5) is 0 Å². The van der Waals surface area contributed by atoms with E-state index in [1.54, 1.807) is 27.8 Å². The SMILES string of the molecule is CCC.CCC.CCCC(C)CCN(CC(=O)NC(CCC)C(=O)C(=O)N[C@@H](C)c1ccccc1)C(=O)C(NC(=O)CNC(=O)CCCCC(=O)NC)C(C)C. The second-order valence-corrected chi connectivity index (χ2v) is 14.7. The predicted molar refractivity (Wildman–Crippen MR) is 224 cm³/mol. The van der Waals surface area contributed by atoms with Crippen molar-refractivity contribution in [3.63, 3.8) is 0 Å². The Morgan fingerprint density at radius 1 is 0.661 bits per heavy atom. The quantitative estimate of drug-likeness (QED) is 0.0651. The number of nitrogens with zero attached hydrogens (tertiary/aromatic N) is 1. The molecule has 0 bridgehead atoms. The first-order valence-corrected chi connectivity index (χ1v) is 20.8. The van der Waals surface area contributed by atoms with Gasteiger partial charge in [0.1, 0.15) is 6.04 Å². The van der Waals surface area contributed by atoms with E-state index in [9.17, 15) is 33.6 Å². The van der Waals surface area contributed by atoms with E-state index in [-0.39, 0.29) is 56.1 Å². The molecule has 0 radical (unpaired) electrons. The molecule has 0 saturated carbocycles. The molecule has 5 N–H and O–H groups in total. The third kappa shape index (κ3) is 25.0. The summed E-state index contributed by atoms with van der Waals surface area (Å²) in [5.41, 5.74) is 0.833. The number of carbonyl (C=O) groups excluding carboxylic acids is 7. The van der Waals surface area contributed by atoms with Crippen LogP contribution in [-0.2, 0) is 33.6 Å². The summed E-state index contributed by atoms with van der Waals surface area (Å²) in [4.78, 5) is 91.2. The summed E-state index contributed by atoms with van der Waals surface area (Å²) >= 11 is 0. The van der Waals surface area contributed by atoms with Crippen molar-refractivity contribution in [2.75, 3.05) is 26.7 Å². The molecule has 13 nitrogen and oxygen atoms in total. The summed E-state index contributed by atoms with van der Waals surface area (Å²) in [7, 11) is 1.55. The van der Waals surface area contributed by atoms with Crippen molar-refractivity contribution < 1.29 is 33.6 Å². The molecule has 6 amide bonds. The number of nitrogens with one attached hydrogen (secondary N) is 5. The van der Waals surface area contributed by atoms with Gasteiger partial charge in [0.05, 0.1) is 25.2 Å². The average molecular weight is 789 g/mol. The smallest absolute Gasteiger partial charge is 0.290 e. The molecule has 0 aromatic heterocycles. The van der Waals surface area contributed by atoms with E-state index in [0.717, 1.165) is 18.4 Å². The molecular weight excluding hydrogens is 713 g/mol. The van der Waals surface area contributed by atoms with Gasteiger partial charge >= 0.3 is 0 Å². The highest BCUT2D eigenvalue weighted by atomic mass is 16.2. The van der Waals surface area contributed by atoms with Gasteiger partial charge < -0.3 is 31.5 Å². The highest BCUT2D eigenvalue weighted by Crippen LogP contribution is 2.14. The maximum absolute atomic E-state index is 13.9. The standard InChI is InChI=1S/C37H60N6O7.2C3H8/c1-8-15-26(5)21-22-43(37(50)34(25(3)4)42-32(46)23-39-31(45)20-14-13-19-30(44)38-7)24-33(47)41-29(16-9-2)35(48)36(49)40-27(6)28-17-11-10-12-18-28;2*1-3-2/h10-12,17-18,25-27,29,34H,8-9,13-16,19-24H2,1-7H3,(H,38,44)(H,39,45)(H,40,49)(H,41,47)(H,42,46);2*3H2,1-2H3/t26?,27-,29?,34?;;/m0../s1. The number of Topliss-reactive ketones (excluding diaryl/α,β-unsaturated/α-hetero) is 1. The third-order valence-electron chi connectivity index (χ3n) is 8.45. The summed E-state index contributed by atoms with van der Waals surface area (Å²) < 4.78 is 0. The number of benzene rings is 1. The topological polar surface area (TPSA) is 183 Å². The molecule has 1 aromatic carbocycles. The van der Waals surface area contributed by atoms with Gasteiger partial charge in [0.25, 0.3) is 5.91 Å². The zero-order valence-corrected chi connectivity index (χ0v) is 36.5. The number of carbonyl (C=O) groups is 7. The van der Waals surface area contributed by atoms with E-state index in [4.69, 9.17) is 0 Å². The van der Waals surface area contributed by atoms with Gasteiger partial charge in [-0.1, -0.05) is 125 Å². The van der Waals surface area contributed by atoms with Crippen molar-refractivity contribution in [3.8, 4) is 0 Å². The largest absolute Gasteiger partial charge is 0.359 e. The molecule has 0 aliphatic heterocycles. The Labute approximate surface area is 338 Å². The molecule has 0 aliphatic rings. The summed E-state index contributed by atoms with van der Waals surface area (Å²) in [6, 6.07) is 6.76. The van der Waals surface area contributed by atoms with Crippen LogP contribution in [0.3, 0.4) is 0 Å². The minimum absolute atomic E-state index is 0.105. The lowest BCUT2D eigenvalue weighted by Gasteiger charge is -2.31. The fourth-order valence-corrected chi connectivity index (χ4v) is 5.40. The highest BCUT2D eigenvalue weighted by Gasteiger charge is 2.32. The van der Waals surface area contributed by atoms with Gasteiger partial charge in [-0.2, -0.15) is 0 Å². The van der Waals surface area contributed by atoms with E-state index in [0.29, 0.717) is 32.1 Å². The van der Waals surface area contributed by atoms with Crippen molar-refractivity contribution in [2.24, 2.45) is 11.8 Å². The summed E-state index contributed by atoms with van der Waals surface area (Å²) in [5.74, 6) is -3.67. The molecular formula is C43H76N6O7. The first kappa shape index (κ1) is 53.8. The molecule has 0 saturated heterocycles. The lowest BCUT2D eigenvalue weighted by molar-refractivity contribution is -0.142. The Balaban J connectivity index is 0. The number of hydrogen-bond donors (Lipinski definition) is 5. The van der Waals surface area contributed by atoms with Crippen LogP contribution in [0.5, 0.6) is 0 Å². The van der Waals surface area contributed by atoms with Crippen LogP contribution in [-0.4, -0.2) is 84.9 Å². The van der Waals surface area contributed by atoms with Crippen LogP contribution in [0.2, 0.25) is 0 Å². The lowest BCUT2D eigenvalue weighted by Crippen LogP contribution is -2.56. The molecule has 1 rings (SSSR count). The van der Waals surface area contributed by atoms with E-state index in [1.165, 1.54) is 17.7 Å². The lowest BCUT2D eigenvalue weighted by atomic mass is 10.00. The molecule has 0 aliphatic carbocycles. The van der Waals surface area contributed by atoms with E-state index in [2.05, 4.69) is 68.1 Å². The predicted octanol–water partition coefficient (Wildman–Crippen LogP) is 5.77. The number of rotatable bonds is 24. The van der Waals surface area contributed by atoms with Gasteiger partial charge in [-0.25, -0.2) is 0 Å². The summed E-state index contributed by atoms with van der Waals surface area (Å²) in [5, 5.41) is 13.2. The van der Waals surface area contributed by atoms with Crippen LogP contribution >= 0.6 is 0 Å². The van der Waals surface area contributed by atoms with Crippen molar-refractivity contribution >= 4 is 41.2 Å². The minimum Gasteiger partial charge on any atom is -0.359 e. The Hall–Kier alpha value is -4.29. The first-order chi connectivity index (χ1) is 26.6. The normalized spacial score (nSPS) is 12.5. The number of hydrogen-bond acceptors (Lipinski definition) is 7.